The molecule has 0 saturated heterocycles. The summed E-state index contributed by atoms with van der Waals surface area (Å²) in [5.74, 6) is -0.613. The highest BCUT2D eigenvalue weighted by Gasteiger charge is 2.31. The Morgan fingerprint density at radius 2 is 2.00 bits per heavy atom. The van der Waals surface area contributed by atoms with Crippen molar-refractivity contribution < 1.29 is 17.9 Å². The minimum Gasteiger partial charge on any atom is -0.465 e. The molecule has 1 atom stereocenters. The van der Waals surface area contributed by atoms with Crippen molar-refractivity contribution >= 4 is 16.0 Å². The van der Waals surface area contributed by atoms with E-state index in [1.54, 1.807) is 6.92 Å². The molecule has 0 saturated carbocycles. The summed E-state index contributed by atoms with van der Waals surface area (Å²) >= 11 is 0. The van der Waals surface area contributed by atoms with E-state index in [4.69, 9.17) is 0 Å². The van der Waals surface area contributed by atoms with Gasteiger partial charge in [-0.1, -0.05) is 13.8 Å². The van der Waals surface area contributed by atoms with E-state index in [1.165, 1.54) is 19.4 Å². The first kappa shape index (κ1) is 20.5. The van der Waals surface area contributed by atoms with Gasteiger partial charge in [-0.05, 0) is 39.4 Å². The molecule has 1 unspecified atom stereocenters. The Morgan fingerprint density at radius 3 is 2.50 bits per heavy atom. The third-order valence-electron chi connectivity index (χ3n) is 4.01. The maximum atomic E-state index is 12.6. The van der Waals surface area contributed by atoms with Gasteiger partial charge in [-0.25, -0.2) is 17.9 Å². The van der Waals surface area contributed by atoms with Crippen LogP contribution in [0.3, 0.4) is 0 Å². The highest BCUT2D eigenvalue weighted by molar-refractivity contribution is 7.89. The molecular weight excluding hydrogens is 330 g/mol. The van der Waals surface area contributed by atoms with E-state index in [2.05, 4.69) is 14.4 Å². The Kier molecular flexibility index (Phi) is 6.49. The van der Waals surface area contributed by atoms with Crippen LogP contribution in [0.15, 0.2) is 17.2 Å². The number of nitrogens with zero attached hydrogens (tertiary/aromatic N) is 2. The van der Waals surface area contributed by atoms with Crippen molar-refractivity contribution in [1.29, 1.82) is 0 Å². The van der Waals surface area contributed by atoms with Crippen molar-refractivity contribution in [2.45, 2.75) is 38.6 Å². The molecule has 24 heavy (non-hydrogen) atoms. The number of rotatable bonds is 7. The quantitative estimate of drug-likeness (QED) is 0.743. The molecule has 8 heteroatoms. The lowest BCUT2D eigenvalue weighted by atomic mass is 9.85. The van der Waals surface area contributed by atoms with Crippen molar-refractivity contribution in [3.8, 4) is 0 Å². The number of sulfonamides is 1. The Labute approximate surface area is 144 Å². The number of hydrogen-bond acceptors (Lipinski definition) is 6. The maximum Gasteiger partial charge on any atom is 0.339 e. The number of esters is 1. The van der Waals surface area contributed by atoms with E-state index in [9.17, 15) is 13.2 Å². The number of ether oxygens (including phenoxy) is 1. The summed E-state index contributed by atoms with van der Waals surface area (Å²) in [6.07, 6.45) is 1.25. The monoisotopic (exact) mass is 357 g/mol. The van der Waals surface area contributed by atoms with E-state index >= 15 is 0 Å². The number of aromatic nitrogens is 1. The lowest BCUT2D eigenvalue weighted by molar-refractivity contribution is 0.0599. The second-order valence-corrected chi connectivity index (χ2v) is 8.58. The van der Waals surface area contributed by atoms with Crippen LogP contribution < -0.4 is 4.72 Å². The Hall–Kier alpha value is -1.51. The van der Waals surface area contributed by atoms with Gasteiger partial charge in [0.15, 0.2) is 0 Å². The minimum absolute atomic E-state index is 0.0546. The molecule has 1 aromatic heterocycles. The number of carbonyl (C=O) groups is 1. The molecule has 7 nitrogen and oxygen atoms in total. The lowest BCUT2D eigenvalue weighted by Crippen LogP contribution is -2.47. The van der Waals surface area contributed by atoms with Gasteiger partial charge in [-0.3, -0.25) is 4.98 Å². The SMILES string of the molecule is COC(=O)c1cc(S(=O)(=O)NC(C)C(C)(C)CN(C)C)cnc1C. The molecule has 1 aromatic rings. The van der Waals surface area contributed by atoms with E-state index in [0.29, 0.717) is 5.69 Å². The molecule has 0 aromatic carbocycles. The van der Waals surface area contributed by atoms with E-state index in [0.717, 1.165) is 6.54 Å². The summed E-state index contributed by atoms with van der Waals surface area (Å²) in [5, 5.41) is 0. The van der Waals surface area contributed by atoms with Gasteiger partial charge < -0.3 is 9.64 Å². The topological polar surface area (TPSA) is 88.6 Å². The fourth-order valence-electron chi connectivity index (χ4n) is 2.39. The molecule has 0 amide bonds. The molecule has 0 bridgehead atoms. The second-order valence-electron chi connectivity index (χ2n) is 6.86. The molecule has 1 heterocycles. The summed E-state index contributed by atoms with van der Waals surface area (Å²) in [7, 11) is 1.32. The molecule has 0 aliphatic heterocycles. The fourth-order valence-corrected chi connectivity index (χ4v) is 3.77. The van der Waals surface area contributed by atoms with Gasteiger partial charge in [0.05, 0.1) is 18.4 Å². The van der Waals surface area contributed by atoms with Crippen LogP contribution in [0, 0.1) is 12.3 Å². The maximum absolute atomic E-state index is 12.6. The highest BCUT2D eigenvalue weighted by atomic mass is 32.2. The van der Waals surface area contributed by atoms with Crippen LogP contribution in [0.25, 0.3) is 0 Å². The molecular formula is C16H27N3O4S. The summed E-state index contributed by atoms with van der Waals surface area (Å²) in [6, 6.07) is 0.982. The fraction of sp³-hybridized carbons (Fsp3) is 0.625. The highest BCUT2D eigenvalue weighted by Crippen LogP contribution is 2.23. The van der Waals surface area contributed by atoms with Gasteiger partial charge in [0.1, 0.15) is 4.90 Å². The van der Waals surface area contributed by atoms with Crippen LogP contribution >= 0.6 is 0 Å². The van der Waals surface area contributed by atoms with Gasteiger partial charge in [0.2, 0.25) is 10.0 Å². The van der Waals surface area contributed by atoms with Crippen molar-refractivity contribution in [2.75, 3.05) is 27.7 Å². The van der Waals surface area contributed by atoms with E-state index in [-0.39, 0.29) is 21.9 Å². The van der Waals surface area contributed by atoms with Gasteiger partial charge in [0, 0.05) is 18.8 Å². The van der Waals surface area contributed by atoms with Crippen molar-refractivity contribution in [3.05, 3.63) is 23.5 Å². The summed E-state index contributed by atoms with van der Waals surface area (Å²) in [5.41, 5.74) is 0.280. The summed E-state index contributed by atoms with van der Waals surface area (Å²) in [6.45, 7) is 8.15. The first-order valence-electron chi connectivity index (χ1n) is 7.62. The average molecular weight is 357 g/mol. The second kappa shape index (κ2) is 7.58. The predicted octanol–water partition coefficient (Wildman–Crippen LogP) is 1.43. The number of carbonyl (C=O) groups excluding carboxylic acids is 1. The Bertz CT molecular complexity index is 699. The number of pyridine rings is 1. The number of nitrogens with one attached hydrogen (secondary N) is 1. The van der Waals surface area contributed by atoms with Crippen LogP contribution in [-0.2, 0) is 14.8 Å². The van der Waals surface area contributed by atoms with Crippen LogP contribution in [0.5, 0.6) is 0 Å². The van der Waals surface area contributed by atoms with Gasteiger partial charge in [-0.2, -0.15) is 0 Å². The van der Waals surface area contributed by atoms with Crippen LogP contribution in [-0.4, -0.2) is 58.1 Å². The normalized spacial score (nSPS) is 13.8. The lowest BCUT2D eigenvalue weighted by Gasteiger charge is -2.34. The zero-order valence-corrected chi connectivity index (χ0v) is 16.2. The smallest absolute Gasteiger partial charge is 0.339 e. The molecule has 0 fully saturated rings. The first-order valence-corrected chi connectivity index (χ1v) is 9.11. The molecule has 1 rings (SSSR count). The molecule has 0 spiro atoms. The minimum atomic E-state index is -3.80. The third kappa shape index (κ3) is 4.99. The summed E-state index contributed by atoms with van der Waals surface area (Å²) < 4.78 is 32.6. The van der Waals surface area contributed by atoms with Crippen LogP contribution in [0.2, 0.25) is 0 Å². The van der Waals surface area contributed by atoms with Gasteiger partial charge in [-0.15, -0.1) is 0 Å². The molecule has 1 N–H and O–H groups in total. The van der Waals surface area contributed by atoms with Crippen molar-refractivity contribution in [2.24, 2.45) is 5.41 Å². The van der Waals surface area contributed by atoms with Gasteiger partial charge in [0.25, 0.3) is 0 Å². The largest absolute Gasteiger partial charge is 0.465 e. The number of methoxy groups -OCH3 is 1. The van der Waals surface area contributed by atoms with Crippen LogP contribution in [0.4, 0.5) is 0 Å². The Morgan fingerprint density at radius 1 is 1.42 bits per heavy atom. The molecule has 0 aliphatic rings. The van der Waals surface area contributed by atoms with E-state index in [1.807, 2.05) is 39.8 Å². The number of hydrogen-bond donors (Lipinski definition) is 1. The molecule has 0 radical (unpaired) electrons. The van der Waals surface area contributed by atoms with Gasteiger partial charge >= 0.3 is 5.97 Å². The Balaban J connectivity index is 3.11. The number of aryl methyl sites for hydroxylation is 1. The van der Waals surface area contributed by atoms with Crippen molar-refractivity contribution in [1.82, 2.24) is 14.6 Å². The molecule has 0 aliphatic carbocycles. The predicted molar refractivity (Wildman–Crippen MR) is 92.4 cm³/mol. The zero-order chi connectivity index (χ0) is 18.7. The van der Waals surface area contributed by atoms with Crippen LogP contribution in [0.1, 0.15) is 36.8 Å². The third-order valence-corrected chi connectivity index (χ3v) is 5.51. The zero-order valence-electron chi connectivity index (χ0n) is 15.4. The van der Waals surface area contributed by atoms with Crippen molar-refractivity contribution in [3.63, 3.8) is 0 Å². The standard InChI is InChI=1S/C16H27N3O4S/c1-11-14(15(20)23-7)8-13(9-17-11)24(21,22)18-12(2)16(3,4)10-19(5)6/h8-9,12,18H,10H2,1-7H3. The first-order chi connectivity index (χ1) is 10.9. The van der Waals surface area contributed by atoms with E-state index < -0.39 is 16.0 Å². The summed E-state index contributed by atoms with van der Waals surface area (Å²) in [4.78, 5) is 17.7. The average Bonchev–Trinajstić information content (AvgIpc) is 2.44. The molecule has 136 valence electrons.